The van der Waals surface area contributed by atoms with Crippen LogP contribution in [-0.2, 0) is 24.1 Å². The minimum atomic E-state index is -4.26. The van der Waals surface area contributed by atoms with E-state index in [-0.39, 0.29) is 15.6 Å². The van der Waals surface area contributed by atoms with E-state index in [2.05, 4.69) is 0 Å². The summed E-state index contributed by atoms with van der Waals surface area (Å²) >= 11 is 6.06. The first-order valence-electron chi connectivity index (χ1n) is 6.94. The topological polar surface area (TPSA) is 73.1 Å². The van der Waals surface area contributed by atoms with Crippen LogP contribution in [0.4, 0.5) is 14.5 Å². The highest BCUT2D eigenvalue weighted by Gasteiger charge is 2.22. The number of rotatable bonds is 3. The number of hydrogen-bond donors (Lipinski definition) is 1. The zero-order chi connectivity index (χ0) is 18.5. The van der Waals surface area contributed by atoms with E-state index < -0.39 is 27.3 Å². The average Bonchev–Trinajstić information content (AvgIpc) is 2.74. The third-order valence-corrected chi connectivity index (χ3v) is 5.62. The summed E-state index contributed by atoms with van der Waals surface area (Å²) in [6.07, 6.45) is 0. The van der Waals surface area contributed by atoms with E-state index in [1.165, 1.54) is 35.4 Å². The van der Waals surface area contributed by atoms with E-state index in [1.54, 1.807) is 0 Å². The number of halogens is 3. The smallest absolute Gasteiger partial charge is 0.295 e. The van der Waals surface area contributed by atoms with Gasteiger partial charge in [-0.1, -0.05) is 11.6 Å². The second kappa shape index (κ2) is 5.85. The Hall–Kier alpha value is -2.39. The average molecular weight is 388 g/mol. The molecule has 25 heavy (non-hydrogen) atoms. The summed E-state index contributed by atoms with van der Waals surface area (Å²) in [5, 5.41) is -0.135. The zero-order valence-corrected chi connectivity index (χ0v) is 14.6. The highest BCUT2D eigenvalue weighted by molar-refractivity contribution is 7.92. The maximum absolute atomic E-state index is 13.7. The Morgan fingerprint density at radius 2 is 1.64 bits per heavy atom. The lowest BCUT2D eigenvalue weighted by Gasteiger charge is -2.11. The molecule has 0 radical (unpaired) electrons. The fourth-order valence-corrected chi connectivity index (χ4v) is 4.09. The Morgan fingerprint density at radius 1 is 1.04 bits per heavy atom. The molecule has 0 aliphatic heterocycles. The van der Waals surface area contributed by atoms with Gasteiger partial charge in [0.1, 0.15) is 16.5 Å². The number of aryl methyl sites for hydroxylation is 2. The predicted molar refractivity (Wildman–Crippen MR) is 90.3 cm³/mol. The van der Waals surface area contributed by atoms with Crippen molar-refractivity contribution in [3.05, 3.63) is 57.5 Å². The molecule has 0 saturated carbocycles. The summed E-state index contributed by atoms with van der Waals surface area (Å²) < 4.78 is 56.4. The largest absolute Gasteiger partial charge is 0.328 e. The van der Waals surface area contributed by atoms with Gasteiger partial charge in [0, 0.05) is 20.2 Å². The third kappa shape index (κ3) is 2.89. The van der Waals surface area contributed by atoms with Crippen molar-refractivity contribution < 1.29 is 17.2 Å². The van der Waals surface area contributed by atoms with E-state index in [0.29, 0.717) is 17.1 Å². The molecule has 1 aromatic heterocycles. The number of sulfonamides is 1. The number of anilines is 1. The molecular formula is C15H12ClF2N3O3S. The molecular weight excluding hydrogens is 376 g/mol. The summed E-state index contributed by atoms with van der Waals surface area (Å²) in [6, 6.07) is 5.01. The van der Waals surface area contributed by atoms with Crippen molar-refractivity contribution in [2.45, 2.75) is 4.90 Å². The molecule has 0 aliphatic rings. The number of nitrogens with one attached hydrogen (secondary N) is 1. The molecule has 1 heterocycles. The van der Waals surface area contributed by atoms with Crippen LogP contribution >= 0.6 is 11.6 Å². The monoisotopic (exact) mass is 387 g/mol. The Balaban J connectivity index is 2.15. The molecule has 0 unspecified atom stereocenters. The lowest BCUT2D eigenvalue weighted by atomic mass is 10.3. The van der Waals surface area contributed by atoms with Gasteiger partial charge in [-0.15, -0.1) is 0 Å². The van der Waals surface area contributed by atoms with Gasteiger partial charge in [-0.25, -0.2) is 22.0 Å². The molecule has 1 N–H and O–H groups in total. The molecule has 0 spiro atoms. The Labute approximate surface area is 146 Å². The van der Waals surface area contributed by atoms with Gasteiger partial charge in [0.2, 0.25) is 0 Å². The molecule has 2 aromatic carbocycles. The molecule has 0 saturated heterocycles. The van der Waals surface area contributed by atoms with Gasteiger partial charge in [0.25, 0.3) is 10.0 Å². The van der Waals surface area contributed by atoms with E-state index in [0.717, 1.165) is 12.1 Å². The highest BCUT2D eigenvalue weighted by atomic mass is 35.5. The second-order valence-corrected chi connectivity index (χ2v) is 7.46. The van der Waals surface area contributed by atoms with Crippen LogP contribution in [0, 0.1) is 11.6 Å². The fourth-order valence-electron chi connectivity index (χ4n) is 2.48. The minimum Gasteiger partial charge on any atom is -0.295 e. The maximum atomic E-state index is 13.7. The number of fused-ring (bicyclic) bond motifs is 1. The van der Waals surface area contributed by atoms with Crippen molar-refractivity contribution in [2.75, 3.05) is 4.72 Å². The molecule has 0 atom stereocenters. The van der Waals surface area contributed by atoms with Crippen LogP contribution in [0.1, 0.15) is 0 Å². The van der Waals surface area contributed by atoms with Crippen LogP contribution in [0.25, 0.3) is 11.0 Å². The fraction of sp³-hybridized carbons (Fsp3) is 0.133. The molecule has 3 rings (SSSR count). The molecule has 0 bridgehead atoms. The van der Waals surface area contributed by atoms with Crippen molar-refractivity contribution in [3.63, 3.8) is 0 Å². The van der Waals surface area contributed by atoms with Gasteiger partial charge in [-0.3, -0.25) is 13.9 Å². The highest BCUT2D eigenvalue weighted by Crippen LogP contribution is 2.29. The summed E-state index contributed by atoms with van der Waals surface area (Å²) in [5.74, 6) is -1.90. The Morgan fingerprint density at radius 3 is 2.24 bits per heavy atom. The van der Waals surface area contributed by atoms with Gasteiger partial charge in [-0.2, -0.15) is 0 Å². The molecule has 6 nitrogen and oxygen atoms in total. The van der Waals surface area contributed by atoms with E-state index in [1.807, 2.05) is 4.72 Å². The SMILES string of the molecule is Cn1c(=O)n(C)c2cc(S(=O)(=O)Nc3ccc(F)cc3F)c(Cl)cc21. The minimum absolute atomic E-state index is 0.135. The van der Waals surface area contributed by atoms with Crippen LogP contribution in [0.2, 0.25) is 5.02 Å². The molecule has 132 valence electrons. The Bertz CT molecular complexity index is 1170. The van der Waals surface area contributed by atoms with Crippen LogP contribution in [0.5, 0.6) is 0 Å². The summed E-state index contributed by atoms with van der Waals surface area (Å²) in [4.78, 5) is 11.6. The van der Waals surface area contributed by atoms with Gasteiger partial charge in [-0.05, 0) is 24.3 Å². The second-order valence-electron chi connectivity index (χ2n) is 5.40. The number of imidazole rings is 1. The van der Waals surface area contributed by atoms with Crippen LogP contribution in [0.15, 0.2) is 40.0 Å². The quantitative estimate of drug-likeness (QED) is 0.750. The molecule has 0 fully saturated rings. The van der Waals surface area contributed by atoms with E-state index in [9.17, 15) is 22.0 Å². The van der Waals surface area contributed by atoms with Gasteiger partial charge >= 0.3 is 5.69 Å². The summed E-state index contributed by atoms with van der Waals surface area (Å²) in [5.41, 5.74) is 0.0268. The number of benzene rings is 2. The van der Waals surface area contributed by atoms with Crippen molar-refractivity contribution in [1.82, 2.24) is 9.13 Å². The summed E-state index contributed by atoms with van der Waals surface area (Å²) in [7, 11) is -1.24. The number of hydrogen-bond acceptors (Lipinski definition) is 3. The van der Waals surface area contributed by atoms with Gasteiger partial charge in [0.05, 0.1) is 21.7 Å². The van der Waals surface area contributed by atoms with E-state index in [4.69, 9.17) is 11.6 Å². The van der Waals surface area contributed by atoms with Crippen LogP contribution in [-0.4, -0.2) is 17.6 Å². The zero-order valence-electron chi connectivity index (χ0n) is 13.0. The van der Waals surface area contributed by atoms with Gasteiger partial charge in [0.15, 0.2) is 0 Å². The molecule has 3 aromatic rings. The van der Waals surface area contributed by atoms with Crippen molar-refractivity contribution >= 4 is 38.3 Å². The Kier molecular flexibility index (Phi) is 4.08. The predicted octanol–water partition coefficient (Wildman–Crippen LogP) is 2.61. The van der Waals surface area contributed by atoms with Crippen LogP contribution < -0.4 is 10.4 Å². The molecule has 0 amide bonds. The summed E-state index contributed by atoms with van der Waals surface area (Å²) in [6.45, 7) is 0. The number of nitrogens with zero attached hydrogens (tertiary/aromatic N) is 2. The first-order valence-corrected chi connectivity index (χ1v) is 8.81. The molecule has 10 heteroatoms. The van der Waals surface area contributed by atoms with Crippen LogP contribution in [0.3, 0.4) is 0 Å². The standard InChI is InChI=1S/C15H12ClF2N3O3S/c1-20-12-6-9(16)14(7-13(12)21(2)15(20)22)25(23,24)19-11-4-3-8(17)5-10(11)18/h3-7,19H,1-2H3. The first-order chi connectivity index (χ1) is 11.6. The lowest BCUT2D eigenvalue weighted by Crippen LogP contribution is -2.19. The van der Waals surface area contributed by atoms with Crippen molar-refractivity contribution in [3.8, 4) is 0 Å². The van der Waals surface area contributed by atoms with Crippen molar-refractivity contribution in [2.24, 2.45) is 14.1 Å². The van der Waals surface area contributed by atoms with Gasteiger partial charge < -0.3 is 0 Å². The number of aromatic nitrogens is 2. The lowest BCUT2D eigenvalue weighted by molar-refractivity contribution is 0.583. The molecule has 0 aliphatic carbocycles. The van der Waals surface area contributed by atoms with Crippen molar-refractivity contribution in [1.29, 1.82) is 0 Å². The van der Waals surface area contributed by atoms with E-state index >= 15 is 0 Å². The first kappa shape index (κ1) is 17.4. The maximum Gasteiger partial charge on any atom is 0.328 e. The third-order valence-electron chi connectivity index (χ3n) is 3.79. The normalized spacial score (nSPS) is 11.9.